The van der Waals surface area contributed by atoms with Crippen molar-refractivity contribution in [2.45, 2.75) is 52.6 Å². The van der Waals surface area contributed by atoms with Crippen LogP contribution >= 0.6 is 0 Å². The van der Waals surface area contributed by atoms with E-state index < -0.39 is 11.5 Å². The molecule has 1 aliphatic carbocycles. The molecular formula is C22H33NO4. The maximum atomic E-state index is 12.6. The topological polar surface area (TPSA) is 59.0 Å². The zero-order chi connectivity index (χ0) is 19.8. The van der Waals surface area contributed by atoms with Crippen molar-refractivity contribution >= 4 is 5.91 Å². The highest BCUT2D eigenvalue weighted by molar-refractivity contribution is 5.78. The maximum Gasteiger partial charge on any atom is 0.225 e. The molecule has 1 N–H and O–H groups in total. The number of aliphatic hydroxyl groups excluding tert-OH is 1. The van der Waals surface area contributed by atoms with Gasteiger partial charge in [0.05, 0.1) is 19.8 Å². The van der Waals surface area contributed by atoms with Crippen molar-refractivity contribution in [2.24, 2.45) is 17.3 Å². The van der Waals surface area contributed by atoms with Crippen molar-refractivity contribution < 1.29 is 19.4 Å². The molecule has 1 saturated heterocycles. The number of hydrogen-bond acceptors (Lipinski definition) is 4. The van der Waals surface area contributed by atoms with E-state index in [1.165, 1.54) is 12.8 Å². The van der Waals surface area contributed by atoms with Gasteiger partial charge in [-0.25, -0.2) is 0 Å². The van der Waals surface area contributed by atoms with Crippen LogP contribution in [-0.2, 0) is 4.79 Å². The molecule has 1 heterocycles. The molecule has 1 aliphatic heterocycles. The van der Waals surface area contributed by atoms with Gasteiger partial charge in [-0.3, -0.25) is 4.79 Å². The van der Waals surface area contributed by atoms with Crippen LogP contribution in [0.2, 0.25) is 0 Å². The molecule has 1 aromatic rings. The lowest BCUT2D eigenvalue weighted by molar-refractivity contribution is -0.134. The fraction of sp³-hybridized carbons (Fsp3) is 0.682. The van der Waals surface area contributed by atoms with Gasteiger partial charge in [0.2, 0.25) is 5.91 Å². The number of ether oxygens (including phenoxy) is 2. The first-order valence-electron chi connectivity index (χ1n) is 10.0. The van der Waals surface area contributed by atoms with E-state index in [2.05, 4.69) is 6.92 Å². The molecule has 3 rings (SSSR count). The Kier molecular flexibility index (Phi) is 5.71. The van der Waals surface area contributed by atoms with E-state index in [9.17, 15) is 9.90 Å². The maximum absolute atomic E-state index is 12.6. The van der Waals surface area contributed by atoms with E-state index in [0.717, 1.165) is 23.7 Å². The number of hydrogen-bond donors (Lipinski definition) is 1. The van der Waals surface area contributed by atoms with Gasteiger partial charge in [-0.15, -0.1) is 0 Å². The van der Waals surface area contributed by atoms with Gasteiger partial charge < -0.3 is 19.5 Å². The minimum atomic E-state index is -0.523. The van der Waals surface area contributed by atoms with E-state index in [4.69, 9.17) is 9.47 Å². The van der Waals surface area contributed by atoms with Crippen LogP contribution in [0.15, 0.2) is 18.2 Å². The zero-order valence-electron chi connectivity index (χ0n) is 17.2. The molecule has 0 radical (unpaired) electrons. The van der Waals surface area contributed by atoms with E-state index in [1.807, 2.05) is 43.9 Å². The second kappa shape index (κ2) is 7.70. The first kappa shape index (κ1) is 20.0. The SMILES string of the molecule is COc1ccc([C@@H]2CN(C(=O)C(C)C)C[C@@]2(C)[C@@H](C)O)cc1OCC1CC1. The quantitative estimate of drug-likeness (QED) is 0.793. The minimum Gasteiger partial charge on any atom is -0.493 e. The Bertz CT molecular complexity index is 683. The van der Waals surface area contributed by atoms with Crippen LogP contribution in [0, 0.1) is 17.3 Å². The minimum absolute atomic E-state index is 0.0460. The predicted molar refractivity (Wildman–Crippen MR) is 105 cm³/mol. The van der Waals surface area contributed by atoms with Crippen molar-refractivity contribution in [2.75, 3.05) is 26.8 Å². The van der Waals surface area contributed by atoms with Crippen molar-refractivity contribution in [1.29, 1.82) is 0 Å². The van der Waals surface area contributed by atoms with Gasteiger partial charge in [-0.1, -0.05) is 26.8 Å². The number of aliphatic hydroxyl groups is 1. The molecular weight excluding hydrogens is 342 g/mol. The first-order valence-corrected chi connectivity index (χ1v) is 10.0. The molecule has 27 heavy (non-hydrogen) atoms. The summed E-state index contributed by atoms with van der Waals surface area (Å²) in [5.41, 5.74) is 0.691. The lowest BCUT2D eigenvalue weighted by Crippen LogP contribution is -2.39. The molecule has 3 atom stereocenters. The Hall–Kier alpha value is -1.75. The normalized spacial score (nSPS) is 26.3. The fourth-order valence-corrected chi connectivity index (χ4v) is 3.97. The molecule has 5 nitrogen and oxygen atoms in total. The van der Waals surface area contributed by atoms with E-state index in [-0.39, 0.29) is 17.7 Å². The number of benzene rings is 1. The van der Waals surface area contributed by atoms with Crippen molar-refractivity contribution in [3.63, 3.8) is 0 Å². The van der Waals surface area contributed by atoms with Crippen molar-refractivity contribution in [3.8, 4) is 11.5 Å². The Morgan fingerprint density at radius 1 is 1.30 bits per heavy atom. The van der Waals surface area contributed by atoms with Gasteiger partial charge in [-0.2, -0.15) is 0 Å². The Labute approximate surface area is 162 Å². The van der Waals surface area contributed by atoms with E-state index >= 15 is 0 Å². The van der Waals surface area contributed by atoms with Gasteiger partial charge >= 0.3 is 0 Å². The summed E-state index contributed by atoms with van der Waals surface area (Å²) < 4.78 is 11.5. The molecule has 5 heteroatoms. The zero-order valence-corrected chi connectivity index (χ0v) is 17.2. The van der Waals surface area contributed by atoms with Gasteiger partial charge in [0, 0.05) is 30.3 Å². The molecule has 150 valence electrons. The number of amides is 1. The smallest absolute Gasteiger partial charge is 0.225 e. The summed E-state index contributed by atoms with van der Waals surface area (Å²) in [6, 6.07) is 6.01. The highest BCUT2D eigenvalue weighted by atomic mass is 16.5. The lowest BCUT2D eigenvalue weighted by atomic mass is 9.72. The van der Waals surface area contributed by atoms with Crippen LogP contribution in [0.3, 0.4) is 0 Å². The molecule has 1 aromatic carbocycles. The second-order valence-corrected chi connectivity index (χ2v) is 8.77. The molecule has 0 unspecified atom stereocenters. The number of carbonyl (C=O) groups excluding carboxylic acids is 1. The lowest BCUT2D eigenvalue weighted by Gasteiger charge is -2.34. The monoisotopic (exact) mass is 375 g/mol. The summed E-state index contributed by atoms with van der Waals surface area (Å²) >= 11 is 0. The predicted octanol–water partition coefficient (Wildman–Crippen LogP) is 3.45. The average Bonchev–Trinajstić information content (AvgIpc) is 3.40. The number of carbonyl (C=O) groups is 1. The summed E-state index contributed by atoms with van der Waals surface area (Å²) in [5, 5.41) is 10.5. The third-order valence-electron chi connectivity index (χ3n) is 6.25. The van der Waals surface area contributed by atoms with E-state index in [0.29, 0.717) is 19.0 Å². The molecule has 2 fully saturated rings. The van der Waals surface area contributed by atoms with Crippen molar-refractivity contribution in [3.05, 3.63) is 23.8 Å². The highest BCUT2D eigenvalue weighted by Gasteiger charge is 2.48. The molecule has 1 saturated carbocycles. The number of rotatable bonds is 7. The molecule has 1 amide bonds. The summed E-state index contributed by atoms with van der Waals surface area (Å²) in [7, 11) is 1.65. The van der Waals surface area contributed by atoms with Gasteiger partial charge in [0.25, 0.3) is 0 Å². The Morgan fingerprint density at radius 2 is 2.00 bits per heavy atom. The van der Waals surface area contributed by atoms with Gasteiger partial charge in [0.1, 0.15) is 0 Å². The molecule has 2 aliphatic rings. The van der Waals surface area contributed by atoms with Crippen LogP contribution in [-0.4, -0.2) is 48.8 Å². The first-order chi connectivity index (χ1) is 12.8. The standard InChI is InChI=1S/C22H33NO4/c1-14(2)21(25)23-11-18(22(4,13-23)15(3)24)17-8-9-19(26-5)20(10-17)27-12-16-6-7-16/h8-10,14-16,18,24H,6-7,11-13H2,1-5H3/t15-,18+,22+/m1/s1. The Balaban J connectivity index is 1.89. The molecule has 0 aromatic heterocycles. The highest BCUT2D eigenvalue weighted by Crippen LogP contribution is 2.47. The fourth-order valence-electron chi connectivity index (χ4n) is 3.97. The van der Waals surface area contributed by atoms with Crippen LogP contribution in [0.25, 0.3) is 0 Å². The van der Waals surface area contributed by atoms with Crippen LogP contribution in [0.1, 0.15) is 52.0 Å². The largest absolute Gasteiger partial charge is 0.493 e. The molecule has 0 spiro atoms. The Morgan fingerprint density at radius 3 is 2.56 bits per heavy atom. The summed E-state index contributed by atoms with van der Waals surface area (Å²) in [6.07, 6.45) is 1.94. The van der Waals surface area contributed by atoms with Crippen LogP contribution < -0.4 is 9.47 Å². The van der Waals surface area contributed by atoms with Crippen LogP contribution in [0.4, 0.5) is 0 Å². The molecule has 0 bridgehead atoms. The average molecular weight is 376 g/mol. The number of likely N-dealkylation sites (tertiary alicyclic amines) is 1. The number of methoxy groups -OCH3 is 1. The summed E-state index contributed by atoms with van der Waals surface area (Å²) in [6.45, 7) is 9.65. The second-order valence-electron chi connectivity index (χ2n) is 8.77. The third kappa shape index (κ3) is 4.08. The van der Waals surface area contributed by atoms with Gasteiger partial charge in [-0.05, 0) is 43.4 Å². The van der Waals surface area contributed by atoms with Crippen molar-refractivity contribution in [1.82, 2.24) is 4.90 Å². The summed E-state index contributed by atoms with van der Waals surface area (Å²) in [4.78, 5) is 14.5. The summed E-state index contributed by atoms with van der Waals surface area (Å²) in [5.74, 6) is 2.29. The third-order valence-corrected chi connectivity index (χ3v) is 6.25. The van der Waals surface area contributed by atoms with E-state index in [1.54, 1.807) is 7.11 Å². The van der Waals surface area contributed by atoms with Crippen LogP contribution in [0.5, 0.6) is 11.5 Å². The van der Waals surface area contributed by atoms with Gasteiger partial charge in [0.15, 0.2) is 11.5 Å². The number of nitrogens with zero attached hydrogens (tertiary/aromatic N) is 1.